The molecule has 1 fully saturated rings. The summed E-state index contributed by atoms with van der Waals surface area (Å²) in [6.07, 6.45) is 1.35. The van der Waals surface area contributed by atoms with Gasteiger partial charge in [0, 0.05) is 13.1 Å². The second-order valence-electron chi connectivity index (χ2n) is 4.33. The van der Waals surface area contributed by atoms with E-state index in [0.29, 0.717) is 26.3 Å². The molecule has 0 saturated carbocycles. The van der Waals surface area contributed by atoms with Crippen LogP contribution in [0.25, 0.3) is 0 Å². The number of morpholine rings is 1. The molecule has 0 aromatic carbocycles. The van der Waals surface area contributed by atoms with Crippen LogP contribution in [0, 0.1) is 0 Å². The monoisotopic (exact) mass is 267 g/mol. The number of nitrogens with one attached hydrogen (secondary N) is 2. The third-order valence-electron chi connectivity index (χ3n) is 2.94. The topological polar surface area (TPSA) is 113 Å². The number of rotatable bonds is 3. The van der Waals surface area contributed by atoms with E-state index in [1.165, 1.54) is 6.20 Å². The first-order valence-corrected chi connectivity index (χ1v) is 6.06. The van der Waals surface area contributed by atoms with Crippen molar-refractivity contribution in [2.45, 2.75) is 13.0 Å². The molecule has 1 atom stereocenters. The number of nitrogens with zero attached hydrogens (tertiary/aromatic N) is 2. The minimum absolute atomic E-state index is 0.130. The van der Waals surface area contributed by atoms with Gasteiger partial charge < -0.3 is 20.7 Å². The highest BCUT2D eigenvalue weighted by atomic mass is 16.5. The van der Waals surface area contributed by atoms with Crippen LogP contribution in [0.1, 0.15) is 17.4 Å². The molecule has 2 rings (SSSR count). The number of aromatic amines is 1. The molecular weight excluding hydrogens is 250 g/mol. The maximum atomic E-state index is 12.1. The van der Waals surface area contributed by atoms with E-state index in [2.05, 4.69) is 15.5 Å². The first-order valence-electron chi connectivity index (χ1n) is 6.06. The smallest absolute Gasteiger partial charge is 0.272 e. The Bertz CT molecular complexity index is 467. The molecule has 104 valence electrons. The Morgan fingerprint density at radius 3 is 2.79 bits per heavy atom. The number of ether oxygens (including phenoxy) is 1. The molecule has 1 aliphatic heterocycles. The summed E-state index contributed by atoms with van der Waals surface area (Å²) in [4.78, 5) is 25.6. The minimum Gasteiger partial charge on any atom is -0.396 e. The normalized spacial score (nSPS) is 17.0. The van der Waals surface area contributed by atoms with Crippen molar-refractivity contribution in [1.29, 1.82) is 0 Å². The second-order valence-corrected chi connectivity index (χ2v) is 4.33. The third kappa shape index (κ3) is 3.02. The van der Waals surface area contributed by atoms with Gasteiger partial charge in [0.1, 0.15) is 11.7 Å². The highest BCUT2D eigenvalue weighted by Gasteiger charge is 2.24. The van der Waals surface area contributed by atoms with Crippen LogP contribution in [0.3, 0.4) is 0 Å². The van der Waals surface area contributed by atoms with E-state index in [1.807, 2.05) is 0 Å². The number of nitrogen functional groups attached to an aromatic ring is 1. The molecule has 8 heteroatoms. The molecule has 4 N–H and O–H groups in total. The standard InChI is InChI=1S/C11H17N5O3/c1-7(11(18)16-2-4-19-5-3-16)14-10(17)9-8(12)6-13-15-9/h6-7H,2-5,12H2,1H3,(H,13,15)(H,14,17). The molecule has 19 heavy (non-hydrogen) atoms. The van der Waals surface area contributed by atoms with Gasteiger partial charge in [0.25, 0.3) is 5.91 Å². The molecule has 1 aromatic heterocycles. The first-order chi connectivity index (χ1) is 9.09. The summed E-state index contributed by atoms with van der Waals surface area (Å²) >= 11 is 0. The summed E-state index contributed by atoms with van der Waals surface area (Å²) in [5, 5.41) is 8.76. The van der Waals surface area contributed by atoms with Gasteiger partial charge in [-0.05, 0) is 6.92 Å². The highest BCUT2D eigenvalue weighted by Crippen LogP contribution is 2.07. The van der Waals surface area contributed by atoms with Gasteiger partial charge in [-0.15, -0.1) is 0 Å². The molecule has 1 aromatic rings. The number of amides is 2. The van der Waals surface area contributed by atoms with E-state index < -0.39 is 11.9 Å². The van der Waals surface area contributed by atoms with Crippen molar-refractivity contribution in [3.8, 4) is 0 Å². The summed E-state index contributed by atoms with van der Waals surface area (Å²) in [6.45, 7) is 3.79. The lowest BCUT2D eigenvalue weighted by Crippen LogP contribution is -2.50. The zero-order valence-electron chi connectivity index (χ0n) is 10.7. The lowest BCUT2D eigenvalue weighted by molar-refractivity contribution is -0.136. The molecular formula is C11H17N5O3. The number of hydrogen-bond donors (Lipinski definition) is 3. The Kier molecular flexibility index (Phi) is 4.00. The summed E-state index contributed by atoms with van der Waals surface area (Å²) in [5.74, 6) is -0.571. The molecule has 1 aliphatic rings. The van der Waals surface area contributed by atoms with Crippen LogP contribution in [0.2, 0.25) is 0 Å². The lowest BCUT2D eigenvalue weighted by atomic mass is 10.2. The Hall–Kier alpha value is -2.09. The first kappa shape index (κ1) is 13.3. The van der Waals surface area contributed by atoms with Gasteiger partial charge in [-0.1, -0.05) is 0 Å². The van der Waals surface area contributed by atoms with Crippen molar-refractivity contribution in [3.63, 3.8) is 0 Å². The second kappa shape index (κ2) is 5.70. The molecule has 0 radical (unpaired) electrons. The average Bonchev–Trinajstić information content (AvgIpc) is 2.85. The van der Waals surface area contributed by atoms with Crippen LogP contribution in [-0.2, 0) is 9.53 Å². The van der Waals surface area contributed by atoms with E-state index in [1.54, 1.807) is 11.8 Å². The van der Waals surface area contributed by atoms with E-state index >= 15 is 0 Å². The number of carbonyl (C=O) groups excluding carboxylic acids is 2. The molecule has 1 unspecified atom stereocenters. The number of nitrogens with two attached hydrogens (primary N) is 1. The van der Waals surface area contributed by atoms with Crippen LogP contribution >= 0.6 is 0 Å². The number of anilines is 1. The molecule has 0 bridgehead atoms. The number of H-pyrrole nitrogens is 1. The van der Waals surface area contributed by atoms with Gasteiger partial charge >= 0.3 is 0 Å². The summed E-state index contributed by atoms with van der Waals surface area (Å²) in [7, 11) is 0. The summed E-state index contributed by atoms with van der Waals surface area (Å²) < 4.78 is 5.17. The molecule has 0 spiro atoms. The molecule has 8 nitrogen and oxygen atoms in total. The van der Waals surface area contributed by atoms with E-state index in [4.69, 9.17) is 10.5 Å². The zero-order chi connectivity index (χ0) is 13.8. The SMILES string of the molecule is CC(NC(=O)c1[nH]ncc1N)C(=O)N1CCOCC1. The summed E-state index contributed by atoms with van der Waals surface area (Å²) in [5.41, 5.74) is 5.99. The molecule has 1 saturated heterocycles. The van der Waals surface area contributed by atoms with Crippen molar-refractivity contribution in [3.05, 3.63) is 11.9 Å². The Morgan fingerprint density at radius 2 is 2.21 bits per heavy atom. The fourth-order valence-electron chi connectivity index (χ4n) is 1.87. The third-order valence-corrected chi connectivity index (χ3v) is 2.94. The van der Waals surface area contributed by atoms with E-state index in [9.17, 15) is 9.59 Å². The quantitative estimate of drug-likeness (QED) is 0.648. The Morgan fingerprint density at radius 1 is 1.53 bits per heavy atom. The zero-order valence-corrected chi connectivity index (χ0v) is 10.7. The number of carbonyl (C=O) groups is 2. The van der Waals surface area contributed by atoms with Crippen LogP contribution < -0.4 is 11.1 Å². The largest absolute Gasteiger partial charge is 0.396 e. The Balaban J connectivity index is 1.93. The fourth-order valence-corrected chi connectivity index (χ4v) is 1.87. The maximum Gasteiger partial charge on any atom is 0.272 e. The molecule has 0 aliphatic carbocycles. The summed E-state index contributed by atoms with van der Waals surface area (Å²) in [6, 6.07) is -0.617. The van der Waals surface area contributed by atoms with Crippen molar-refractivity contribution in [2.24, 2.45) is 0 Å². The van der Waals surface area contributed by atoms with Crippen molar-refractivity contribution < 1.29 is 14.3 Å². The van der Waals surface area contributed by atoms with Crippen LogP contribution in [0.4, 0.5) is 5.69 Å². The van der Waals surface area contributed by atoms with Crippen molar-refractivity contribution in [2.75, 3.05) is 32.0 Å². The van der Waals surface area contributed by atoms with Gasteiger partial charge in [0.15, 0.2) is 0 Å². The average molecular weight is 267 g/mol. The predicted octanol–water partition coefficient (Wildman–Crippen LogP) is -1.03. The van der Waals surface area contributed by atoms with Crippen LogP contribution in [0.15, 0.2) is 6.20 Å². The highest BCUT2D eigenvalue weighted by molar-refractivity contribution is 5.99. The van der Waals surface area contributed by atoms with Crippen molar-refractivity contribution in [1.82, 2.24) is 20.4 Å². The van der Waals surface area contributed by atoms with E-state index in [0.717, 1.165) is 0 Å². The lowest BCUT2D eigenvalue weighted by Gasteiger charge is -2.29. The van der Waals surface area contributed by atoms with Gasteiger partial charge in [-0.2, -0.15) is 5.10 Å². The molecule has 2 heterocycles. The van der Waals surface area contributed by atoms with Crippen LogP contribution in [0.5, 0.6) is 0 Å². The maximum absolute atomic E-state index is 12.1. The van der Waals surface area contributed by atoms with Gasteiger partial charge in [-0.3, -0.25) is 14.7 Å². The minimum atomic E-state index is -0.617. The van der Waals surface area contributed by atoms with Gasteiger partial charge in [0.2, 0.25) is 5.91 Å². The predicted molar refractivity (Wildman–Crippen MR) is 67.3 cm³/mol. The van der Waals surface area contributed by atoms with Crippen molar-refractivity contribution >= 4 is 17.5 Å². The van der Waals surface area contributed by atoms with E-state index in [-0.39, 0.29) is 17.3 Å². The Labute approximate surface area is 110 Å². The van der Waals surface area contributed by atoms with Gasteiger partial charge in [-0.25, -0.2) is 0 Å². The number of hydrogen-bond acceptors (Lipinski definition) is 5. The van der Waals surface area contributed by atoms with Crippen LogP contribution in [-0.4, -0.2) is 59.3 Å². The number of aromatic nitrogens is 2. The van der Waals surface area contributed by atoms with Gasteiger partial charge in [0.05, 0.1) is 25.1 Å². The molecule has 2 amide bonds. The fraction of sp³-hybridized carbons (Fsp3) is 0.545.